The van der Waals surface area contributed by atoms with E-state index in [2.05, 4.69) is 29.5 Å². The van der Waals surface area contributed by atoms with Crippen LogP contribution in [0.15, 0.2) is 27.8 Å². The first-order valence-electron chi connectivity index (χ1n) is 20.3. The van der Waals surface area contributed by atoms with Gasteiger partial charge in [-0.05, 0) is 51.1 Å². The lowest BCUT2D eigenvalue weighted by molar-refractivity contribution is 0.109. The van der Waals surface area contributed by atoms with Crippen molar-refractivity contribution in [2.45, 2.75) is 142 Å². The van der Waals surface area contributed by atoms with E-state index >= 15 is 0 Å². The number of nitrogens with one attached hydrogen (secondary N) is 2. The molecule has 0 radical (unpaired) electrons. The van der Waals surface area contributed by atoms with Crippen LogP contribution >= 0.6 is 7.14 Å². The monoisotopic (exact) mass is 736 g/mol. The second-order valence-electron chi connectivity index (χ2n) is 14.9. The minimum atomic E-state index is -2.47. The van der Waals surface area contributed by atoms with Crippen molar-refractivity contribution in [2.24, 2.45) is 0 Å². The predicted molar refractivity (Wildman–Crippen MR) is 221 cm³/mol. The molecular formula is C41H65N6O4P. The van der Waals surface area contributed by atoms with Gasteiger partial charge in [-0.1, -0.05) is 116 Å². The van der Waals surface area contributed by atoms with Gasteiger partial charge in [-0.15, -0.1) is 0 Å². The molecule has 0 amide bonds. The number of hydrogen-bond acceptors (Lipinski definition) is 9. The van der Waals surface area contributed by atoms with Crippen molar-refractivity contribution in [1.82, 2.24) is 14.7 Å². The van der Waals surface area contributed by atoms with E-state index < -0.39 is 18.0 Å². The molecule has 0 aliphatic heterocycles. The standard InChI is InChI=1S/C41H65N6O4P/c1-5-7-9-10-11-12-13-14-15-16-17-18-19-20-21-27-43-35-36(40(49)39(35)48)44-28-22-23-29-51-47-34(24-8-6-2)46-37-38(47)32-26-25-31(52(3,4)50)30-33(32)45-41(37)42/h25-26,30,43-44H,5-24,27-29H2,1-4H3,(H2,42,45). The van der Waals surface area contributed by atoms with Gasteiger partial charge in [0.2, 0.25) is 0 Å². The number of nitrogens with two attached hydrogens (primary N) is 1. The Labute approximate surface area is 311 Å². The third-order valence-corrected chi connectivity index (χ3v) is 11.6. The number of anilines is 3. The first kappa shape index (κ1) is 41.4. The van der Waals surface area contributed by atoms with Crippen LogP contribution in [0, 0.1) is 0 Å². The minimum absolute atomic E-state index is 0.322. The molecule has 0 saturated carbocycles. The number of aryl methyl sites for hydroxylation is 1. The van der Waals surface area contributed by atoms with Crippen LogP contribution in [0.2, 0.25) is 0 Å². The van der Waals surface area contributed by atoms with Crippen LogP contribution in [0.1, 0.15) is 142 Å². The summed E-state index contributed by atoms with van der Waals surface area (Å²) in [6.45, 7) is 9.60. The summed E-state index contributed by atoms with van der Waals surface area (Å²) in [4.78, 5) is 40.3. The highest BCUT2D eigenvalue weighted by molar-refractivity contribution is 7.70. The van der Waals surface area contributed by atoms with Gasteiger partial charge in [-0.25, -0.2) is 9.97 Å². The molecule has 2 aromatic heterocycles. The lowest BCUT2D eigenvalue weighted by Crippen LogP contribution is -2.37. The molecule has 4 N–H and O–H groups in total. The highest BCUT2D eigenvalue weighted by Crippen LogP contribution is 2.37. The number of imidazole rings is 1. The van der Waals surface area contributed by atoms with Crippen LogP contribution in [0.4, 0.5) is 17.2 Å². The van der Waals surface area contributed by atoms with E-state index in [0.29, 0.717) is 47.9 Å². The van der Waals surface area contributed by atoms with Gasteiger partial charge in [-0.2, -0.15) is 4.73 Å². The fourth-order valence-corrected chi connectivity index (χ4v) is 7.73. The van der Waals surface area contributed by atoms with Crippen molar-refractivity contribution < 1.29 is 9.40 Å². The summed E-state index contributed by atoms with van der Waals surface area (Å²) < 4.78 is 14.5. The molecule has 0 saturated heterocycles. The van der Waals surface area contributed by atoms with Gasteiger partial charge in [0.25, 0.3) is 10.9 Å². The number of fused-ring (bicyclic) bond motifs is 3. The summed E-state index contributed by atoms with van der Waals surface area (Å²) in [7, 11) is -2.47. The largest absolute Gasteiger partial charge is 0.412 e. The predicted octanol–water partition coefficient (Wildman–Crippen LogP) is 8.96. The molecule has 0 aliphatic carbocycles. The zero-order valence-electron chi connectivity index (χ0n) is 32.5. The number of pyridine rings is 1. The quantitative estimate of drug-likeness (QED) is 0.0296. The number of hydrogen-bond donors (Lipinski definition) is 3. The number of benzene rings is 1. The molecule has 0 atom stereocenters. The maximum Gasteiger partial charge on any atom is 0.253 e. The molecule has 4 rings (SSSR count). The average Bonchev–Trinajstić information content (AvgIpc) is 3.50. The summed E-state index contributed by atoms with van der Waals surface area (Å²) in [5, 5.41) is 8.01. The normalized spacial score (nSPS) is 12.0. The third-order valence-electron chi connectivity index (χ3n) is 10.1. The second kappa shape index (κ2) is 21.3. The summed E-state index contributed by atoms with van der Waals surface area (Å²) in [6.07, 6.45) is 23.9. The third kappa shape index (κ3) is 11.8. The lowest BCUT2D eigenvalue weighted by Gasteiger charge is -2.15. The molecule has 0 fully saturated rings. The van der Waals surface area contributed by atoms with E-state index in [9.17, 15) is 14.2 Å². The van der Waals surface area contributed by atoms with Crippen molar-refractivity contribution in [3.63, 3.8) is 0 Å². The van der Waals surface area contributed by atoms with Gasteiger partial charge in [0, 0.05) is 30.2 Å². The highest BCUT2D eigenvalue weighted by atomic mass is 31.2. The number of aromatic nitrogens is 3. The number of nitrogen functional groups attached to an aromatic ring is 1. The van der Waals surface area contributed by atoms with Crippen molar-refractivity contribution >= 4 is 51.6 Å². The van der Waals surface area contributed by atoms with Gasteiger partial charge in [0.15, 0.2) is 5.82 Å². The van der Waals surface area contributed by atoms with E-state index in [1.54, 1.807) is 18.1 Å². The molecular weight excluding hydrogens is 671 g/mol. The first-order valence-corrected chi connectivity index (χ1v) is 22.9. The Morgan fingerprint density at radius 1 is 0.712 bits per heavy atom. The fourth-order valence-electron chi connectivity index (χ4n) is 6.87. The minimum Gasteiger partial charge on any atom is -0.412 e. The van der Waals surface area contributed by atoms with Crippen molar-refractivity contribution in [2.75, 3.05) is 49.4 Å². The topological polar surface area (TPSA) is 141 Å². The molecule has 2 aromatic carbocycles. The molecule has 52 heavy (non-hydrogen) atoms. The molecule has 10 nitrogen and oxygen atoms in total. The number of nitrogens with zero attached hydrogens (tertiary/aromatic N) is 3. The molecule has 0 unspecified atom stereocenters. The van der Waals surface area contributed by atoms with Gasteiger partial charge >= 0.3 is 0 Å². The van der Waals surface area contributed by atoms with E-state index in [1.165, 1.54) is 83.5 Å². The van der Waals surface area contributed by atoms with Gasteiger partial charge in [-0.3, -0.25) is 9.59 Å². The number of unbranched alkanes of at least 4 members (excludes halogenated alkanes) is 16. The first-order chi connectivity index (χ1) is 25.2. The maximum absolute atomic E-state index is 12.8. The van der Waals surface area contributed by atoms with Crippen LogP contribution in [-0.4, -0.2) is 47.7 Å². The Morgan fingerprint density at radius 2 is 1.23 bits per heavy atom. The molecule has 4 aromatic rings. The molecule has 0 spiro atoms. The van der Waals surface area contributed by atoms with Crippen molar-refractivity contribution in [1.29, 1.82) is 0 Å². The smallest absolute Gasteiger partial charge is 0.253 e. The van der Waals surface area contributed by atoms with Crippen LogP contribution in [0.3, 0.4) is 0 Å². The summed E-state index contributed by atoms with van der Waals surface area (Å²) in [6, 6.07) is 5.68. The van der Waals surface area contributed by atoms with Crippen molar-refractivity contribution in [3.05, 3.63) is 44.5 Å². The Kier molecular flexibility index (Phi) is 17.0. The van der Waals surface area contributed by atoms with Crippen LogP contribution in [0.25, 0.3) is 21.9 Å². The van der Waals surface area contributed by atoms with Gasteiger partial charge < -0.3 is 25.8 Å². The van der Waals surface area contributed by atoms with Crippen LogP contribution in [0.5, 0.6) is 0 Å². The van der Waals surface area contributed by atoms with E-state index in [-0.39, 0.29) is 0 Å². The van der Waals surface area contributed by atoms with Crippen LogP contribution in [-0.2, 0) is 11.0 Å². The Bertz CT molecular complexity index is 1810. The van der Waals surface area contributed by atoms with Crippen molar-refractivity contribution in [3.8, 4) is 0 Å². The second-order valence-corrected chi connectivity index (χ2v) is 18.1. The van der Waals surface area contributed by atoms with E-state index in [4.69, 9.17) is 15.6 Å². The Morgan fingerprint density at radius 3 is 1.77 bits per heavy atom. The Balaban J connectivity index is 1.16. The molecule has 288 valence electrons. The highest BCUT2D eigenvalue weighted by Gasteiger charge is 2.21. The van der Waals surface area contributed by atoms with Gasteiger partial charge in [0.05, 0.1) is 5.52 Å². The SMILES string of the molecule is CCCCCCCCCCCCCCCCCNc1c(NCCCCOn2c(CCCC)nc3c(N)nc4cc(P(C)(C)=O)ccc4c32)c(=O)c1=O. The molecule has 0 aliphatic rings. The Hall–Kier alpha value is -3.39. The maximum atomic E-state index is 12.8. The van der Waals surface area contributed by atoms with E-state index in [1.807, 2.05) is 18.2 Å². The van der Waals surface area contributed by atoms with Crippen LogP contribution < -0.4 is 37.4 Å². The lowest BCUT2D eigenvalue weighted by atomic mass is 10.0. The zero-order valence-corrected chi connectivity index (χ0v) is 33.4. The molecule has 11 heteroatoms. The van der Waals surface area contributed by atoms with E-state index in [0.717, 1.165) is 67.0 Å². The summed E-state index contributed by atoms with van der Waals surface area (Å²) in [5.41, 5.74) is 8.40. The average molecular weight is 737 g/mol. The molecule has 0 bridgehead atoms. The fraction of sp³-hybridized carbons (Fsp3) is 0.659. The summed E-state index contributed by atoms with van der Waals surface area (Å²) >= 11 is 0. The summed E-state index contributed by atoms with van der Waals surface area (Å²) in [5.74, 6) is 1.12. The van der Waals surface area contributed by atoms with Gasteiger partial charge in [0.1, 0.15) is 42.0 Å². The zero-order chi connectivity index (χ0) is 37.3. The number of rotatable bonds is 28. The molecule has 2 heterocycles.